The summed E-state index contributed by atoms with van der Waals surface area (Å²) < 4.78 is 5.12. The molecular weight excluding hydrogens is 769 g/mol. The number of benzene rings is 8. The predicted molar refractivity (Wildman–Crippen MR) is 254 cm³/mol. The Morgan fingerprint density at radius 1 is 0.333 bits per heavy atom. The number of fused-ring (bicyclic) bond motifs is 7. The van der Waals surface area contributed by atoms with E-state index in [0.29, 0.717) is 11.6 Å². The van der Waals surface area contributed by atoms with Gasteiger partial charge in [0, 0.05) is 74.2 Å². The van der Waals surface area contributed by atoms with Crippen LogP contribution in [0.4, 0.5) is 0 Å². The standard InChI is InChI=1S/C54H32N4S2/c1-2-12-33(13-3-1)47-31-48(34-24-26-35(27-25-34)53-55-32-36-14-4-7-21-46(36)56-53)58-54(57-47)39-29-37(40-17-10-19-44-42-15-5-8-22-49(42)59-51(40)44)28-38(30-39)41-18-11-20-45-43-16-6-9-23-50(43)60-52(41)45/h1-32H. The molecule has 4 heterocycles. The zero-order chi connectivity index (χ0) is 39.6. The summed E-state index contributed by atoms with van der Waals surface area (Å²) in [7, 11) is 0. The van der Waals surface area contributed by atoms with E-state index in [0.717, 1.165) is 55.7 Å². The molecule has 60 heavy (non-hydrogen) atoms. The highest BCUT2D eigenvalue weighted by atomic mass is 32.1. The summed E-state index contributed by atoms with van der Waals surface area (Å²) in [4.78, 5) is 20.2. The van der Waals surface area contributed by atoms with E-state index in [4.69, 9.17) is 15.0 Å². The molecule has 0 saturated carbocycles. The molecule has 0 amide bonds. The second kappa shape index (κ2) is 14.2. The fourth-order valence-electron chi connectivity index (χ4n) is 8.40. The van der Waals surface area contributed by atoms with Crippen LogP contribution in [0.25, 0.3) is 119 Å². The van der Waals surface area contributed by atoms with Gasteiger partial charge in [-0.1, -0.05) is 146 Å². The van der Waals surface area contributed by atoms with Crippen molar-refractivity contribution in [3.05, 3.63) is 194 Å². The molecule has 0 N–H and O–H groups in total. The number of thiophene rings is 2. The molecule has 12 aromatic rings. The smallest absolute Gasteiger partial charge is 0.160 e. The first-order valence-corrected chi connectivity index (χ1v) is 21.6. The Labute approximate surface area is 353 Å². The van der Waals surface area contributed by atoms with Crippen LogP contribution in [0.3, 0.4) is 0 Å². The SMILES string of the molecule is c1ccc(-c2cc(-c3ccc(-c4ncc5ccccc5n4)cc3)nc(-c3cc(-c4cccc5c4sc4ccccc45)cc(-c4cccc5c4sc4ccccc45)c3)n2)cc1. The highest BCUT2D eigenvalue weighted by Crippen LogP contribution is 2.45. The van der Waals surface area contributed by atoms with E-state index in [-0.39, 0.29) is 0 Å². The summed E-state index contributed by atoms with van der Waals surface area (Å²) >= 11 is 3.71. The molecule has 0 bridgehead atoms. The third-order valence-electron chi connectivity index (χ3n) is 11.3. The number of nitrogens with zero attached hydrogens (tertiary/aromatic N) is 4. The predicted octanol–water partition coefficient (Wildman–Crippen LogP) is 15.2. The van der Waals surface area contributed by atoms with Crippen LogP contribution in [-0.2, 0) is 0 Å². The van der Waals surface area contributed by atoms with Gasteiger partial charge in [-0.2, -0.15) is 0 Å². The number of rotatable bonds is 6. The summed E-state index contributed by atoms with van der Waals surface area (Å²) in [5, 5.41) is 6.13. The van der Waals surface area contributed by atoms with Crippen molar-refractivity contribution in [2.75, 3.05) is 0 Å². The summed E-state index contributed by atoms with van der Waals surface area (Å²) in [6, 6.07) is 66.7. The molecule has 6 heteroatoms. The van der Waals surface area contributed by atoms with Crippen LogP contribution in [0.15, 0.2) is 194 Å². The Morgan fingerprint density at radius 2 is 0.850 bits per heavy atom. The number of hydrogen-bond acceptors (Lipinski definition) is 6. The first-order chi connectivity index (χ1) is 29.7. The van der Waals surface area contributed by atoms with Crippen molar-refractivity contribution < 1.29 is 0 Å². The summed E-state index contributed by atoms with van der Waals surface area (Å²) in [5.74, 6) is 1.36. The molecule has 0 saturated heterocycles. The van der Waals surface area contributed by atoms with Crippen LogP contribution < -0.4 is 0 Å². The van der Waals surface area contributed by atoms with Gasteiger partial charge >= 0.3 is 0 Å². The average molecular weight is 801 g/mol. The Kier molecular flexibility index (Phi) is 8.18. The van der Waals surface area contributed by atoms with Crippen LogP contribution in [0, 0.1) is 0 Å². The number of para-hydroxylation sites is 1. The molecular formula is C54H32N4S2. The molecule has 12 rings (SSSR count). The van der Waals surface area contributed by atoms with Crippen molar-refractivity contribution in [2.24, 2.45) is 0 Å². The molecule has 0 aliphatic rings. The molecule has 0 atom stereocenters. The molecule has 280 valence electrons. The summed E-state index contributed by atoms with van der Waals surface area (Å²) in [6.07, 6.45) is 1.89. The van der Waals surface area contributed by atoms with Crippen LogP contribution >= 0.6 is 22.7 Å². The fourth-order valence-corrected chi connectivity index (χ4v) is 10.9. The molecule has 0 radical (unpaired) electrons. The third-order valence-corrected chi connectivity index (χ3v) is 13.8. The van der Waals surface area contributed by atoms with E-state index in [1.807, 2.05) is 59.2 Å². The summed E-state index contributed by atoms with van der Waals surface area (Å²) in [5.41, 5.74) is 11.2. The van der Waals surface area contributed by atoms with Gasteiger partial charge in [-0.3, -0.25) is 0 Å². The van der Waals surface area contributed by atoms with E-state index < -0.39 is 0 Å². The van der Waals surface area contributed by atoms with Crippen molar-refractivity contribution in [3.63, 3.8) is 0 Å². The molecule has 0 aliphatic carbocycles. The largest absolute Gasteiger partial charge is 0.236 e. The maximum Gasteiger partial charge on any atom is 0.160 e. The van der Waals surface area contributed by atoms with E-state index in [1.165, 1.54) is 51.5 Å². The van der Waals surface area contributed by atoms with Crippen molar-refractivity contribution in [1.82, 2.24) is 19.9 Å². The monoisotopic (exact) mass is 800 g/mol. The zero-order valence-electron chi connectivity index (χ0n) is 32.1. The number of aromatic nitrogens is 4. The lowest BCUT2D eigenvalue weighted by Crippen LogP contribution is -1.97. The Hall–Kier alpha value is -7.38. The van der Waals surface area contributed by atoms with E-state index in [1.54, 1.807) is 0 Å². The molecule has 0 unspecified atom stereocenters. The van der Waals surface area contributed by atoms with Crippen LogP contribution in [0.1, 0.15) is 0 Å². The minimum absolute atomic E-state index is 0.670. The maximum atomic E-state index is 5.37. The third kappa shape index (κ3) is 5.96. The van der Waals surface area contributed by atoms with Gasteiger partial charge in [-0.15, -0.1) is 22.7 Å². The summed E-state index contributed by atoms with van der Waals surface area (Å²) in [6.45, 7) is 0. The normalized spacial score (nSPS) is 11.7. The van der Waals surface area contributed by atoms with Gasteiger partial charge in [0.15, 0.2) is 11.6 Å². The Bertz CT molecular complexity index is 3480. The Morgan fingerprint density at radius 3 is 1.50 bits per heavy atom. The van der Waals surface area contributed by atoms with Gasteiger partial charge in [0.1, 0.15) is 0 Å². The Balaban J connectivity index is 1.06. The van der Waals surface area contributed by atoms with Crippen molar-refractivity contribution >= 4 is 73.9 Å². The fraction of sp³-hybridized carbons (Fsp3) is 0. The molecule has 8 aromatic carbocycles. The quantitative estimate of drug-likeness (QED) is 0.168. The second-order valence-electron chi connectivity index (χ2n) is 15.0. The van der Waals surface area contributed by atoms with Gasteiger partial charge < -0.3 is 0 Å². The van der Waals surface area contributed by atoms with Gasteiger partial charge in [-0.05, 0) is 64.7 Å². The van der Waals surface area contributed by atoms with Crippen molar-refractivity contribution in [1.29, 1.82) is 0 Å². The number of hydrogen-bond donors (Lipinski definition) is 0. The molecule has 0 spiro atoms. The topological polar surface area (TPSA) is 51.6 Å². The molecule has 4 nitrogen and oxygen atoms in total. The van der Waals surface area contributed by atoms with Crippen LogP contribution in [0.5, 0.6) is 0 Å². The van der Waals surface area contributed by atoms with Gasteiger partial charge in [0.05, 0.1) is 16.9 Å². The average Bonchev–Trinajstić information content (AvgIpc) is 3.90. The second-order valence-corrected chi connectivity index (χ2v) is 17.1. The molecule has 0 aliphatic heterocycles. The van der Waals surface area contributed by atoms with Crippen molar-refractivity contribution in [2.45, 2.75) is 0 Å². The highest BCUT2D eigenvalue weighted by Gasteiger charge is 2.18. The van der Waals surface area contributed by atoms with Crippen molar-refractivity contribution in [3.8, 4) is 67.5 Å². The zero-order valence-corrected chi connectivity index (χ0v) is 33.7. The van der Waals surface area contributed by atoms with Gasteiger partial charge in [0.2, 0.25) is 0 Å². The van der Waals surface area contributed by atoms with E-state index in [9.17, 15) is 0 Å². The van der Waals surface area contributed by atoms with Crippen LogP contribution in [0.2, 0.25) is 0 Å². The van der Waals surface area contributed by atoms with E-state index in [2.05, 4.69) is 163 Å². The lowest BCUT2D eigenvalue weighted by atomic mass is 9.94. The van der Waals surface area contributed by atoms with E-state index >= 15 is 0 Å². The first kappa shape index (κ1) is 34.6. The van der Waals surface area contributed by atoms with Gasteiger partial charge in [0.25, 0.3) is 0 Å². The maximum absolute atomic E-state index is 5.37. The lowest BCUT2D eigenvalue weighted by molar-refractivity contribution is 1.18. The highest BCUT2D eigenvalue weighted by molar-refractivity contribution is 7.26. The minimum atomic E-state index is 0.670. The molecule has 0 fully saturated rings. The molecule has 4 aromatic heterocycles. The first-order valence-electron chi connectivity index (χ1n) is 19.9. The minimum Gasteiger partial charge on any atom is -0.236 e. The van der Waals surface area contributed by atoms with Gasteiger partial charge in [-0.25, -0.2) is 19.9 Å². The lowest BCUT2D eigenvalue weighted by Gasteiger charge is -2.14. The van der Waals surface area contributed by atoms with Crippen LogP contribution in [-0.4, -0.2) is 19.9 Å².